The maximum Gasteiger partial charge on any atom is 0.131 e. The van der Waals surface area contributed by atoms with Gasteiger partial charge >= 0.3 is 0 Å². The lowest BCUT2D eigenvalue weighted by atomic mass is 10.1. The molecule has 18 heavy (non-hydrogen) atoms. The smallest absolute Gasteiger partial charge is 0.131 e. The van der Waals surface area contributed by atoms with Crippen LogP contribution in [0.4, 0.5) is 11.5 Å². The zero-order valence-electron chi connectivity index (χ0n) is 11.1. The van der Waals surface area contributed by atoms with Crippen molar-refractivity contribution >= 4 is 11.5 Å². The molecular weight excluding hydrogens is 224 g/mol. The maximum absolute atomic E-state index is 6.10. The Balaban J connectivity index is 2.10. The van der Waals surface area contributed by atoms with Crippen molar-refractivity contribution in [1.82, 2.24) is 9.55 Å². The molecule has 4 nitrogen and oxygen atoms in total. The summed E-state index contributed by atoms with van der Waals surface area (Å²) in [5.74, 6) is 1.68. The summed E-state index contributed by atoms with van der Waals surface area (Å²) in [5.41, 5.74) is 10.8. The molecule has 0 atom stereocenters. The zero-order valence-corrected chi connectivity index (χ0v) is 11.1. The summed E-state index contributed by atoms with van der Waals surface area (Å²) in [5, 5.41) is 0. The van der Waals surface area contributed by atoms with Crippen LogP contribution in [0.3, 0.4) is 0 Å². The number of hydrogen-bond acceptors (Lipinski definition) is 3. The number of hydrogen-bond donors (Lipinski definition) is 1. The van der Waals surface area contributed by atoms with Crippen LogP contribution in [-0.4, -0.2) is 23.1 Å². The van der Waals surface area contributed by atoms with Gasteiger partial charge in [-0.1, -0.05) is 6.07 Å². The van der Waals surface area contributed by atoms with Crippen LogP contribution in [0, 0.1) is 6.92 Å². The monoisotopic (exact) mass is 242 g/mol. The topological polar surface area (TPSA) is 47.1 Å². The molecule has 2 N–H and O–H groups in total. The third-order valence-electron chi connectivity index (χ3n) is 3.84. The van der Waals surface area contributed by atoms with Gasteiger partial charge in [-0.3, -0.25) is 0 Å². The van der Waals surface area contributed by atoms with Crippen LogP contribution in [0.1, 0.15) is 11.4 Å². The van der Waals surface area contributed by atoms with Crippen molar-refractivity contribution < 1.29 is 0 Å². The second-order valence-electron chi connectivity index (χ2n) is 4.97. The summed E-state index contributed by atoms with van der Waals surface area (Å²) in [6, 6.07) is 6.50. The summed E-state index contributed by atoms with van der Waals surface area (Å²) in [6.07, 6.45) is 1.10. The van der Waals surface area contributed by atoms with Gasteiger partial charge in [-0.05, 0) is 31.0 Å². The maximum atomic E-state index is 6.10. The molecular formula is C14H18N4. The number of benzene rings is 1. The third-order valence-corrected chi connectivity index (χ3v) is 3.84. The van der Waals surface area contributed by atoms with Crippen LogP contribution in [0.25, 0.3) is 11.3 Å². The fraction of sp³-hybridized carbons (Fsp3) is 0.357. The minimum atomic E-state index is 0.735. The van der Waals surface area contributed by atoms with E-state index < -0.39 is 0 Å². The molecule has 0 spiro atoms. The fourth-order valence-electron chi connectivity index (χ4n) is 2.55. The summed E-state index contributed by atoms with van der Waals surface area (Å²) < 4.78 is 1.93. The first kappa shape index (κ1) is 11.1. The van der Waals surface area contributed by atoms with Gasteiger partial charge in [0.2, 0.25) is 0 Å². The molecule has 0 fully saturated rings. The lowest BCUT2D eigenvalue weighted by Gasteiger charge is -2.11. The van der Waals surface area contributed by atoms with Gasteiger partial charge in [-0.2, -0.15) is 0 Å². The molecule has 0 saturated heterocycles. The number of nitrogens with two attached hydrogens (primary N) is 1. The van der Waals surface area contributed by atoms with Crippen molar-refractivity contribution in [3.05, 3.63) is 29.6 Å². The predicted molar refractivity (Wildman–Crippen MR) is 74.8 cm³/mol. The number of anilines is 2. The van der Waals surface area contributed by atoms with Gasteiger partial charge < -0.3 is 15.2 Å². The zero-order chi connectivity index (χ0) is 12.9. The second-order valence-corrected chi connectivity index (χ2v) is 4.97. The normalized spacial score (nSPS) is 14.1. The number of aromatic nitrogens is 2. The number of rotatable bonds is 1. The summed E-state index contributed by atoms with van der Waals surface area (Å²) in [6.45, 7) is 3.07. The number of nitrogen functional groups attached to an aromatic ring is 1. The first-order valence-electron chi connectivity index (χ1n) is 6.21. The van der Waals surface area contributed by atoms with Crippen LogP contribution < -0.4 is 10.6 Å². The van der Waals surface area contributed by atoms with Crippen molar-refractivity contribution in [2.45, 2.75) is 13.3 Å². The Hall–Kier alpha value is -1.97. The van der Waals surface area contributed by atoms with E-state index in [-0.39, 0.29) is 0 Å². The molecule has 1 aromatic carbocycles. The molecule has 1 aliphatic heterocycles. The van der Waals surface area contributed by atoms with Crippen molar-refractivity contribution in [1.29, 1.82) is 0 Å². The van der Waals surface area contributed by atoms with E-state index >= 15 is 0 Å². The van der Waals surface area contributed by atoms with E-state index in [2.05, 4.69) is 35.1 Å². The summed E-state index contributed by atoms with van der Waals surface area (Å²) in [7, 11) is 4.08. The number of nitrogens with zero attached hydrogens (tertiary/aromatic N) is 3. The van der Waals surface area contributed by atoms with Gasteiger partial charge in [0.15, 0.2) is 0 Å². The number of imidazole rings is 1. The van der Waals surface area contributed by atoms with Crippen LogP contribution in [0.5, 0.6) is 0 Å². The van der Waals surface area contributed by atoms with Gasteiger partial charge in [0.1, 0.15) is 17.3 Å². The van der Waals surface area contributed by atoms with Crippen LogP contribution in [-0.2, 0) is 13.5 Å². The van der Waals surface area contributed by atoms with Gasteiger partial charge in [-0.15, -0.1) is 0 Å². The summed E-state index contributed by atoms with van der Waals surface area (Å²) in [4.78, 5) is 6.83. The average Bonchev–Trinajstić information content (AvgIpc) is 2.85. The number of aryl methyl sites for hydroxylation is 1. The molecule has 0 unspecified atom stereocenters. The Morgan fingerprint density at radius 1 is 1.28 bits per heavy atom. The highest BCUT2D eigenvalue weighted by Gasteiger charge is 2.18. The highest BCUT2D eigenvalue weighted by atomic mass is 15.1. The van der Waals surface area contributed by atoms with Gasteiger partial charge in [0.05, 0.1) is 0 Å². The Morgan fingerprint density at radius 3 is 2.72 bits per heavy atom. The Morgan fingerprint density at radius 2 is 2.06 bits per heavy atom. The molecule has 0 saturated carbocycles. The van der Waals surface area contributed by atoms with Gasteiger partial charge in [0, 0.05) is 31.9 Å². The first-order valence-corrected chi connectivity index (χ1v) is 6.21. The second kappa shape index (κ2) is 3.77. The SMILES string of the molecule is Cc1nc(-c2ccc3c(c2)CCN3C)c(N)n1C. The Kier molecular flexibility index (Phi) is 2.33. The van der Waals surface area contributed by atoms with Gasteiger partial charge in [-0.25, -0.2) is 4.98 Å². The van der Waals surface area contributed by atoms with Crippen molar-refractivity contribution in [2.75, 3.05) is 24.2 Å². The largest absolute Gasteiger partial charge is 0.383 e. The van der Waals surface area contributed by atoms with Crippen LogP contribution >= 0.6 is 0 Å². The van der Waals surface area contributed by atoms with E-state index in [1.807, 2.05) is 18.5 Å². The molecule has 1 aliphatic rings. The first-order chi connectivity index (χ1) is 8.58. The molecule has 0 aliphatic carbocycles. The third kappa shape index (κ3) is 1.49. The summed E-state index contributed by atoms with van der Waals surface area (Å²) >= 11 is 0. The molecule has 0 radical (unpaired) electrons. The predicted octanol–water partition coefficient (Wildman–Crippen LogP) is 1.97. The number of fused-ring (bicyclic) bond motifs is 1. The molecule has 0 amide bonds. The lowest BCUT2D eigenvalue weighted by Crippen LogP contribution is -2.12. The van der Waals surface area contributed by atoms with Crippen molar-refractivity contribution in [3.63, 3.8) is 0 Å². The molecule has 94 valence electrons. The van der Waals surface area contributed by atoms with Gasteiger partial charge in [0.25, 0.3) is 0 Å². The molecule has 1 aromatic heterocycles. The van der Waals surface area contributed by atoms with E-state index in [0.717, 1.165) is 35.9 Å². The molecule has 2 aromatic rings. The van der Waals surface area contributed by atoms with E-state index in [1.54, 1.807) is 0 Å². The average molecular weight is 242 g/mol. The molecule has 2 heterocycles. The van der Waals surface area contributed by atoms with Crippen LogP contribution in [0.15, 0.2) is 18.2 Å². The number of likely N-dealkylation sites (N-methyl/N-ethyl adjacent to an activating group) is 1. The van der Waals surface area contributed by atoms with Crippen molar-refractivity contribution in [3.8, 4) is 11.3 Å². The highest BCUT2D eigenvalue weighted by molar-refractivity contribution is 5.75. The minimum Gasteiger partial charge on any atom is -0.383 e. The minimum absolute atomic E-state index is 0.735. The Bertz CT molecular complexity index is 612. The van der Waals surface area contributed by atoms with Crippen molar-refractivity contribution in [2.24, 2.45) is 7.05 Å². The van der Waals surface area contributed by atoms with Crippen LogP contribution in [0.2, 0.25) is 0 Å². The van der Waals surface area contributed by atoms with E-state index in [1.165, 1.54) is 11.3 Å². The molecule has 3 rings (SSSR count). The van der Waals surface area contributed by atoms with E-state index in [4.69, 9.17) is 5.73 Å². The fourth-order valence-corrected chi connectivity index (χ4v) is 2.55. The van der Waals surface area contributed by atoms with E-state index in [0.29, 0.717) is 0 Å². The quantitative estimate of drug-likeness (QED) is 0.831. The Labute approximate surface area is 107 Å². The van der Waals surface area contributed by atoms with E-state index in [9.17, 15) is 0 Å². The molecule has 0 bridgehead atoms. The molecule has 4 heteroatoms. The lowest BCUT2D eigenvalue weighted by molar-refractivity contribution is 0.868. The highest BCUT2D eigenvalue weighted by Crippen LogP contribution is 2.33. The standard InChI is InChI=1S/C14H18N4/c1-9-16-13(14(15)18(9)3)11-4-5-12-10(8-11)6-7-17(12)2/h4-5,8H,6-7,15H2,1-3H3.